The number of hydrogen-bond acceptors (Lipinski definition) is 6. The Morgan fingerprint density at radius 1 is 1.19 bits per heavy atom. The van der Waals surface area contributed by atoms with Gasteiger partial charge in [-0.25, -0.2) is 9.50 Å². The Labute approximate surface area is 179 Å². The Hall–Kier alpha value is -3.46. The lowest BCUT2D eigenvalue weighted by Crippen LogP contribution is -2.48. The summed E-state index contributed by atoms with van der Waals surface area (Å²) in [6.07, 6.45) is 7.05. The maximum Gasteiger partial charge on any atom is 0.259 e. The summed E-state index contributed by atoms with van der Waals surface area (Å²) < 4.78 is 9.07. The smallest absolute Gasteiger partial charge is 0.259 e. The fourth-order valence-electron chi connectivity index (χ4n) is 4.08. The molecule has 0 atom stereocenters. The first-order valence-corrected chi connectivity index (χ1v) is 10.5. The average Bonchev–Trinajstić information content (AvgIpc) is 3.53. The third kappa shape index (κ3) is 3.61. The van der Waals surface area contributed by atoms with Gasteiger partial charge in [0.25, 0.3) is 5.91 Å². The summed E-state index contributed by atoms with van der Waals surface area (Å²) in [6.45, 7) is 8.53. The topological polar surface area (TPSA) is 84.7 Å². The van der Waals surface area contributed by atoms with Gasteiger partial charge in [-0.1, -0.05) is 0 Å². The van der Waals surface area contributed by atoms with Crippen molar-refractivity contribution in [3.05, 3.63) is 60.1 Å². The van der Waals surface area contributed by atoms with Crippen LogP contribution in [0.15, 0.2) is 47.5 Å². The van der Waals surface area contributed by atoms with Gasteiger partial charge < -0.3 is 9.32 Å². The Balaban J connectivity index is 1.36. The fourth-order valence-corrected chi connectivity index (χ4v) is 4.08. The first-order chi connectivity index (χ1) is 15.1. The monoisotopic (exact) mass is 419 g/mol. The van der Waals surface area contributed by atoms with Crippen molar-refractivity contribution in [2.24, 2.45) is 0 Å². The van der Waals surface area contributed by atoms with E-state index < -0.39 is 0 Å². The van der Waals surface area contributed by atoms with Crippen molar-refractivity contribution < 1.29 is 9.21 Å². The minimum absolute atomic E-state index is 0.0294. The Morgan fingerprint density at radius 3 is 2.74 bits per heavy atom. The standard InChI is InChI=1S/C22H25N7O2/c1-3-28-15-19(16(2)25-28)20-6-7-23-21-18(13-24-29(20)21)22(30)27-10-8-26(9-11-27)14-17-5-4-12-31-17/h4-7,12-13,15H,3,8-11,14H2,1-2H3. The highest BCUT2D eigenvalue weighted by atomic mass is 16.3. The van der Waals surface area contributed by atoms with E-state index in [0.717, 1.165) is 48.9 Å². The number of nitrogens with zero attached hydrogens (tertiary/aromatic N) is 7. The van der Waals surface area contributed by atoms with E-state index in [1.807, 2.05) is 40.9 Å². The van der Waals surface area contributed by atoms with Gasteiger partial charge >= 0.3 is 0 Å². The highest BCUT2D eigenvalue weighted by Gasteiger charge is 2.26. The minimum Gasteiger partial charge on any atom is -0.468 e. The third-order valence-corrected chi connectivity index (χ3v) is 5.80. The number of furan rings is 1. The summed E-state index contributed by atoms with van der Waals surface area (Å²) in [5, 5.41) is 9.03. The van der Waals surface area contributed by atoms with Gasteiger partial charge in [-0.2, -0.15) is 10.2 Å². The number of amides is 1. The zero-order valence-electron chi connectivity index (χ0n) is 17.7. The normalized spacial score (nSPS) is 15.1. The molecule has 5 heterocycles. The second-order valence-electron chi connectivity index (χ2n) is 7.76. The molecule has 1 fully saturated rings. The van der Waals surface area contributed by atoms with E-state index in [9.17, 15) is 4.79 Å². The predicted molar refractivity (Wildman–Crippen MR) is 115 cm³/mol. The molecule has 1 aliphatic heterocycles. The van der Waals surface area contributed by atoms with Gasteiger partial charge in [-0.3, -0.25) is 14.4 Å². The van der Waals surface area contributed by atoms with Gasteiger partial charge in [0.05, 0.1) is 30.4 Å². The van der Waals surface area contributed by atoms with Crippen molar-refractivity contribution in [1.82, 2.24) is 34.2 Å². The molecule has 160 valence electrons. The molecular weight excluding hydrogens is 394 g/mol. The number of aromatic nitrogens is 5. The maximum atomic E-state index is 13.2. The van der Waals surface area contributed by atoms with Crippen LogP contribution >= 0.6 is 0 Å². The van der Waals surface area contributed by atoms with Crippen LogP contribution in [0.2, 0.25) is 0 Å². The van der Waals surface area contributed by atoms with Gasteiger partial charge in [0, 0.05) is 50.7 Å². The first-order valence-electron chi connectivity index (χ1n) is 10.5. The lowest BCUT2D eigenvalue weighted by molar-refractivity contribution is 0.0622. The molecule has 1 amide bonds. The van der Waals surface area contributed by atoms with Gasteiger partial charge in [0.2, 0.25) is 0 Å². The molecule has 9 heteroatoms. The van der Waals surface area contributed by atoms with Crippen molar-refractivity contribution in [3.63, 3.8) is 0 Å². The Kier molecular flexibility index (Phi) is 5.03. The van der Waals surface area contributed by atoms with Crippen LogP contribution in [-0.2, 0) is 13.1 Å². The van der Waals surface area contributed by atoms with Crippen LogP contribution in [-0.4, -0.2) is 66.3 Å². The Morgan fingerprint density at radius 2 is 2.03 bits per heavy atom. The van der Waals surface area contributed by atoms with Crippen molar-refractivity contribution in [2.75, 3.05) is 26.2 Å². The highest BCUT2D eigenvalue weighted by Crippen LogP contribution is 2.24. The fraction of sp³-hybridized carbons (Fsp3) is 0.364. The SMILES string of the molecule is CCn1cc(-c2ccnc3c(C(=O)N4CCN(Cc5ccco5)CC4)cnn23)c(C)n1. The molecule has 0 aliphatic carbocycles. The molecule has 0 N–H and O–H groups in total. The quantitative estimate of drug-likeness (QED) is 0.494. The molecule has 4 aromatic rings. The summed E-state index contributed by atoms with van der Waals surface area (Å²) in [7, 11) is 0. The summed E-state index contributed by atoms with van der Waals surface area (Å²) in [4.78, 5) is 21.9. The number of carbonyl (C=O) groups excluding carboxylic acids is 1. The van der Waals surface area contributed by atoms with E-state index in [0.29, 0.717) is 24.3 Å². The molecule has 4 aromatic heterocycles. The molecule has 1 saturated heterocycles. The second kappa shape index (κ2) is 7.99. The lowest BCUT2D eigenvalue weighted by Gasteiger charge is -2.34. The number of rotatable bonds is 5. The number of fused-ring (bicyclic) bond motifs is 1. The summed E-state index contributed by atoms with van der Waals surface area (Å²) in [6, 6.07) is 5.79. The third-order valence-electron chi connectivity index (χ3n) is 5.80. The molecule has 0 spiro atoms. The van der Waals surface area contributed by atoms with Gasteiger partial charge in [0.1, 0.15) is 11.3 Å². The zero-order chi connectivity index (χ0) is 21.4. The van der Waals surface area contributed by atoms with Crippen molar-refractivity contribution >= 4 is 11.6 Å². The van der Waals surface area contributed by atoms with Crippen LogP contribution in [0, 0.1) is 6.92 Å². The van der Waals surface area contributed by atoms with Crippen LogP contribution in [0.3, 0.4) is 0 Å². The van der Waals surface area contributed by atoms with Crippen LogP contribution in [0.5, 0.6) is 0 Å². The molecule has 1 aliphatic rings. The van der Waals surface area contributed by atoms with Crippen molar-refractivity contribution in [2.45, 2.75) is 26.9 Å². The first kappa shape index (κ1) is 19.5. The van der Waals surface area contributed by atoms with E-state index in [4.69, 9.17) is 4.42 Å². The van der Waals surface area contributed by atoms with Crippen LogP contribution < -0.4 is 0 Å². The highest BCUT2D eigenvalue weighted by molar-refractivity contribution is 6.00. The van der Waals surface area contributed by atoms with E-state index in [-0.39, 0.29) is 5.91 Å². The van der Waals surface area contributed by atoms with E-state index in [2.05, 4.69) is 27.0 Å². The van der Waals surface area contributed by atoms with E-state index in [1.165, 1.54) is 0 Å². The lowest BCUT2D eigenvalue weighted by atomic mass is 10.2. The molecule has 0 aromatic carbocycles. The summed E-state index contributed by atoms with van der Waals surface area (Å²) in [5.74, 6) is 0.916. The molecule has 0 radical (unpaired) electrons. The molecular formula is C22H25N7O2. The van der Waals surface area contributed by atoms with E-state index in [1.54, 1.807) is 23.2 Å². The van der Waals surface area contributed by atoms with Gasteiger partial charge in [0.15, 0.2) is 5.65 Å². The predicted octanol–water partition coefficient (Wildman–Crippen LogP) is 2.47. The molecule has 0 bridgehead atoms. The van der Waals surface area contributed by atoms with Crippen molar-refractivity contribution in [3.8, 4) is 11.3 Å². The van der Waals surface area contributed by atoms with Gasteiger partial charge in [-0.15, -0.1) is 0 Å². The molecule has 0 unspecified atom stereocenters. The van der Waals surface area contributed by atoms with Crippen molar-refractivity contribution in [1.29, 1.82) is 0 Å². The number of aryl methyl sites for hydroxylation is 2. The summed E-state index contributed by atoms with van der Waals surface area (Å²) in [5.41, 5.74) is 3.89. The largest absolute Gasteiger partial charge is 0.468 e. The number of carbonyl (C=O) groups is 1. The molecule has 0 saturated carbocycles. The van der Waals surface area contributed by atoms with Crippen LogP contribution in [0.25, 0.3) is 16.9 Å². The average molecular weight is 419 g/mol. The van der Waals surface area contributed by atoms with Crippen LogP contribution in [0.4, 0.5) is 0 Å². The number of piperazine rings is 1. The van der Waals surface area contributed by atoms with Gasteiger partial charge in [-0.05, 0) is 32.0 Å². The minimum atomic E-state index is -0.0294. The molecule has 31 heavy (non-hydrogen) atoms. The molecule has 9 nitrogen and oxygen atoms in total. The molecule has 5 rings (SSSR count). The van der Waals surface area contributed by atoms with Crippen LogP contribution in [0.1, 0.15) is 28.7 Å². The summed E-state index contributed by atoms with van der Waals surface area (Å²) >= 11 is 0. The number of hydrogen-bond donors (Lipinski definition) is 0. The second-order valence-corrected chi connectivity index (χ2v) is 7.76. The zero-order valence-corrected chi connectivity index (χ0v) is 17.7. The maximum absolute atomic E-state index is 13.2. The van der Waals surface area contributed by atoms with E-state index >= 15 is 0 Å². The Bertz CT molecular complexity index is 1200.